The summed E-state index contributed by atoms with van der Waals surface area (Å²) in [6, 6.07) is 4.52. The van der Waals surface area contributed by atoms with E-state index in [1.165, 1.54) is 12.5 Å². The number of hydrogen-bond acceptors (Lipinski definition) is 3. The molecular weight excluding hydrogens is 260 g/mol. The average Bonchev–Trinajstić information content (AvgIpc) is 2.97. The van der Waals surface area contributed by atoms with Crippen molar-refractivity contribution in [2.45, 2.75) is 19.0 Å². The van der Waals surface area contributed by atoms with E-state index < -0.39 is 11.6 Å². The molecule has 1 aromatic carbocycles. The highest BCUT2D eigenvalue weighted by Crippen LogP contribution is 2.16. The minimum atomic E-state index is -0.509. The van der Waals surface area contributed by atoms with Gasteiger partial charge in [0.2, 0.25) is 0 Å². The van der Waals surface area contributed by atoms with Crippen LogP contribution in [0.2, 0.25) is 0 Å². The van der Waals surface area contributed by atoms with Crippen LogP contribution < -0.4 is 5.32 Å². The zero-order valence-electron chi connectivity index (χ0n) is 11.6. The molecule has 0 saturated carbocycles. The first-order valence-corrected chi connectivity index (χ1v) is 7.33. The van der Waals surface area contributed by atoms with E-state index in [2.05, 4.69) is 15.1 Å². The second-order valence-corrected chi connectivity index (χ2v) is 5.69. The van der Waals surface area contributed by atoms with Gasteiger partial charge in [0.05, 0.1) is 0 Å². The molecule has 2 aliphatic rings. The average molecular weight is 281 g/mol. The summed E-state index contributed by atoms with van der Waals surface area (Å²) in [4.78, 5) is 4.77. The van der Waals surface area contributed by atoms with Crippen molar-refractivity contribution in [2.24, 2.45) is 0 Å². The van der Waals surface area contributed by atoms with E-state index in [0.29, 0.717) is 18.2 Å². The monoisotopic (exact) mass is 281 g/mol. The topological polar surface area (TPSA) is 18.5 Å². The first-order valence-electron chi connectivity index (χ1n) is 7.33. The maximum atomic E-state index is 13.6. The fraction of sp³-hybridized carbons (Fsp3) is 0.600. The molecule has 2 fully saturated rings. The summed E-state index contributed by atoms with van der Waals surface area (Å²) in [5.74, 6) is -0.947. The van der Waals surface area contributed by atoms with E-state index in [9.17, 15) is 8.78 Å². The molecule has 2 heterocycles. The Morgan fingerprint density at radius 2 is 1.95 bits per heavy atom. The molecule has 2 aliphatic heterocycles. The fourth-order valence-electron chi connectivity index (χ4n) is 3.13. The maximum absolute atomic E-state index is 13.6. The van der Waals surface area contributed by atoms with Gasteiger partial charge in [-0.05, 0) is 19.0 Å². The van der Waals surface area contributed by atoms with Crippen LogP contribution in [0.4, 0.5) is 8.78 Å². The van der Waals surface area contributed by atoms with Crippen molar-refractivity contribution in [2.75, 3.05) is 39.3 Å². The summed E-state index contributed by atoms with van der Waals surface area (Å²) in [5.41, 5.74) is 0.586. The first-order chi connectivity index (χ1) is 9.72. The molecule has 0 aliphatic carbocycles. The van der Waals surface area contributed by atoms with Crippen LogP contribution in [0.15, 0.2) is 18.2 Å². The van der Waals surface area contributed by atoms with E-state index in [1.807, 2.05) is 0 Å². The fourth-order valence-corrected chi connectivity index (χ4v) is 3.13. The zero-order chi connectivity index (χ0) is 13.9. The Morgan fingerprint density at radius 3 is 2.60 bits per heavy atom. The normalized spacial score (nSPS) is 25.2. The Bertz CT molecular complexity index is 452. The molecule has 0 spiro atoms. The molecule has 3 rings (SSSR count). The lowest BCUT2D eigenvalue weighted by Crippen LogP contribution is -2.50. The molecule has 1 aromatic rings. The van der Waals surface area contributed by atoms with Gasteiger partial charge in [-0.3, -0.25) is 9.80 Å². The van der Waals surface area contributed by atoms with Gasteiger partial charge in [-0.25, -0.2) is 8.78 Å². The number of rotatable bonds is 3. The van der Waals surface area contributed by atoms with E-state index >= 15 is 0 Å². The molecular formula is C15H21F2N3. The van der Waals surface area contributed by atoms with Gasteiger partial charge < -0.3 is 5.32 Å². The van der Waals surface area contributed by atoms with Crippen molar-refractivity contribution in [3.05, 3.63) is 35.4 Å². The number of piperazine rings is 1. The summed E-state index contributed by atoms with van der Waals surface area (Å²) in [7, 11) is 0. The number of halogens is 2. The number of nitrogens with zero attached hydrogens (tertiary/aromatic N) is 2. The molecule has 1 N–H and O–H groups in total. The number of hydrogen-bond donors (Lipinski definition) is 1. The van der Waals surface area contributed by atoms with Crippen LogP contribution in [0.1, 0.15) is 12.0 Å². The number of nitrogens with one attached hydrogen (secondary N) is 1. The van der Waals surface area contributed by atoms with Crippen molar-refractivity contribution in [1.82, 2.24) is 15.1 Å². The predicted molar refractivity (Wildman–Crippen MR) is 74.5 cm³/mol. The summed E-state index contributed by atoms with van der Waals surface area (Å²) >= 11 is 0. The lowest BCUT2D eigenvalue weighted by Gasteiger charge is -2.37. The Hall–Kier alpha value is -1.04. The van der Waals surface area contributed by atoms with E-state index in [-0.39, 0.29) is 0 Å². The lowest BCUT2D eigenvalue weighted by atomic mass is 10.1. The summed E-state index contributed by atoms with van der Waals surface area (Å²) in [6.45, 7) is 6.76. The second kappa shape index (κ2) is 6.16. The van der Waals surface area contributed by atoms with Crippen LogP contribution in [-0.2, 0) is 6.54 Å². The van der Waals surface area contributed by atoms with Crippen LogP contribution in [0.3, 0.4) is 0 Å². The third kappa shape index (κ3) is 3.16. The SMILES string of the molecule is Fc1ccc(CN2CCN(C3CCNC3)CC2)c(F)c1. The molecule has 0 amide bonds. The molecule has 110 valence electrons. The van der Waals surface area contributed by atoms with Crippen LogP contribution in [-0.4, -0.2) is 55.1 Å². The van der Waals surface area contributed by atoms with Gasteiger partial charge in [-0.1, -0.05) is 6.07 Å². The zero-order valence-corrected chi connectivity index (χ0v) is 11.6. The Morgan fingerprint density at radius 1 is 1.15 bits per heavy atom. The molecule has 20 heavy (non-hydrogen) atoms. The highest BCUT2D eigenvalue weighted by atomic mass is 19.1. The van der Waals surface area contributed by atoms with Crippen LogP contribution in [0.25, 0.3) is 0 Å². The van der Waals surface area contributed by atoms with Crippen molar-refractivity contribution in [3.63, 3.8) is 0 Å². The smallest absolute Gasteiger partial charge is 0.130 e. The Labute approximate surface area is 118 Å². The van der Waals surface area contributed by atoms with Crippen molar-refractivity contribution in [3.8, 4) is 0 Å². The first kappa shape index (κ1) is 13.9. The summed E-state index contributed by atoms with van der Waals surface area (Å²) in [6.07, 6.45) is 1.23. The maximum Gasteiger partial charge on any atom is 0.130 e. The van der Waals surface area contributed by atoms with Gasteiger partial charge in [0.25, 0.3) is 0 Å². The summed E-state index contributed by atoms with van der Waals surface area (Å²) < 4.78 is 26.5. The van der Waals surface area contributed by atoms with Crippen molar-refractivity contribution >= 4 is 0 Å². The molecule has 0 bridgehead atoms. The number of benzene rings is 1. The third-order valence-electron chi connectivity index (χ3n) is 4.37. The van der Waals surface area contributed by atoms with Crippen LogP contribution in [0, 0.1) is 11.6 Å². The molecule has 1 unspecified atom stereocenters. The van der Waals surface area contributed by atoms with Gasteiger partial charge in [0.15, 0.2) is 0 Å². The van der Waals surface area contributed by atoms with Gasteiger partial charge in [-0.15, -0.1) is 0 Å². The summed E-state index contributed by atoms with van der Waals surface area (Å²) in [5, 5.41) is 3.39. The largest absolute Gasteiger partial charge is 0.315 e. The Balaban J connectivity index is 1.53. The van der Waals surface area contributed by atoms with E-state index in [4.69, 9.17) is 0 Å². The third-order valence-corrected chi connectivity index (χ3v) is 4.37. The highest BCUT2D eigenvalue weighted by molar-refractivity contribution is 5.18. The van der Waals surface area contributed by atoms with Crippen molar-refractivity contribution in [1.29, 1.82) is 0 Å². The minimum Gasteiger partial charge on any atom is -0.315 e. The van der Waals surface area contributed by atoms with Gasteiger partial charge in [-0.2, -0.15) is 0 Å². The standard InChI is InChI=1S/C15H21F2N3/c16-13-2-1-12(15(17)9-13)11-19-5-7-20(8-6-19)14-3-4-18-10-14/h1-2,9,14,18H,3-8,10-11H2. The van der Waals surface area contributed by atoms with Gasteiger partial charge in [0, 0.05) is 56.9 Å². The molecule has 0 aromatic heterocycles. The second-order valence-electron chi connectivity index (χ2n) is 5.69. The molecule has 5 heteroatoms. The lowest BCUT2D eigenvalue weighted by molar-refractivity contribution is 0.0974. The molecule has 0 radical (unpaired) electrons. The Kier molecular flexibility index (Phi) is 4.29. The van der Waals surface area contributed by atoms with E-state index in [1.54, 1.807) is 6.07 Å². The predicted octanol–water partition coefficient (Wildman–Crippen LogP) is 1.44. The quantitative estimate of drug-likeness (QED) is 0.904. The molecule has 3 nitrogen and oxygen atoms in total. The van der Waals surface area contributed by atoms with Gasteiger partial charge >= 0.3 is 0 Å². The van der Waals surface area contributed by atoms with Crippen LogP contribution >= 0.6 is 0 Å². The van der Waals surface area contributed by atoms with Gasteiger partial charge in [0.1, 0.15) is 11.6 Å². The molecule has 1 atom stereocenters. The van der Waals surface area contributed by atoms with E-state index in [0.717, 1.165) is 45.3 Å². The highest BCUT2D eigenvalue weighted by Gasteiger charge is 2.26. The van der Waals surface area contributed by atoms with Crippen molar-refractivity contribution < 1.29 is 8.78 Å². The van der Waals surface area contributed by atoms with Crippen LogP contribution in [0.5, 0.6) is 0 Å². The minimum absolute atomic E-state index is 0.438. The molecule has 2 saturated heterocycles.